The summed E-state index contributed by atoms with van der Waals surface area (Å²) in [6, 6.07) is 57.9. The van der Waals surface area contributed by atoms with Crippen LogP contribution in [0.15, 0.2) is 248 Å². The molecule has 0 radical (unpaired) electrons. The molecule has 2 aromatic heterocycles. The summed E-state index contributed by atoms with van der Waals surface area (Å²) >= 11 is 0. The van der Waals surface area contributed by atoms with Crippen molar-refractivity contribution in [1.29, 1.82) is 0 Å². The van der Waals surface area contributed by atoms with Crippen molar-refractivity contribution in [3.63, 3.8) is 0 Å². The van der Waals surface area contributed by atoms with E-state index in [4.69, 9.17) is 26.2 Å². The van der Waals surface area contributed by atoms with Crippen LogP contribution in [0.25, 0.3) is 21.8 Å². The van der Waals surface area contributed by atoms with E-state index >= 15 is 0 Å². The van der Waals surface area contributed by atoms with Crippen LogP contribution < -0.4 is 0 Å². The van der Waals surface area contributed by atoms with Crippen LogP contribution in [0.4, 0.5) is 15.3 Å². The van der Waals surface area contributed by atoms with Crippen LogP contribution in [0.2, 0.25) is 0 Å². The van der Waals surface area contributed by atoms with Crippen molar-refractivity contribution in [1.82, 2.24) is 44.7 Å². The molecule has 0 aliphatic carbocycles. The van der Waals surface area contributed by atoms with Crippen molar-refractivity contribution in [2.45, 2.75) is 134 Å². The van der Waals surface area contributed by atoms with Gasteiger partial charge in [0.2, 0.25) is 0 Å². The van der Waals surface area contributed by atoms with Crippen LogP contribution in [0.1, 0.15) is 129 Å². The van der Waals surface area contributed by atoms with Crippen molar-refractivity contribution >= 4 is 17.9 Å². The summed E-state index contributed by atoms with van der Waals surface area (Å²) in [5, 5.41) is 43.6. The number of amides is 2. The highest BCUT2D eigenvalue weighted by Crippen LogP contribution is 2.45. The lowest BCUT2D eigenvalue weighted by molar-refractivity contribution is -0.111. The van der Waals surface area contributed by atoms with Gasteiger partial charge in [0.05, 0.1) is 60.3 Å². The molecule has 6 aromatic carbocycles. The third-order valence-corrected chi connectivity index (χ3v) is 16.9. The quantitative estimate of drug-likeness (QED) is 0.0201. The van der Waals surface area contributed by atoms with Gasteiger partial charge in [-0.3, -0.25) is 9.80 Å². The Balaban J connectivity index is 0.000000218. The molecule has 19 heteroatoms. The predicted octanol–water partition coefficient (Wildman–Crippen LogP) is 16.7. The maximum Gasteiger partial charge on any atom is 0.410 e. The average molecular weight is 1310 g/mol. The molecule has 3 heterocycles. The molecule has 0 bridgehead atoms. The van der Waals surface area contributed by atoms with Gasteiger partial charge in [-0.1, -0.05) is 202 Å². The Kier molecular flexibility index (Phi) is 26.7. The van der Waals surface area contributed by atoms with Crippen LogP contribution in [0.5, 0.6) is 0 Å². The van der Waals surface area contributed by atoms with Crippen LogP contribution in [0.3, 0.4) is 0 Å². The molecular formula is C78H94N12O7. The fourth-order valence-electron chi connectivity index (χ4n) is 11.6. The number of carbonyl (C=O) groups is 2. The monoisotopic (exact) mass is 1310 g/mol. The van der Waals surface area contributed by atoms with Crippen molar-refractivity contribution in [2.24, 2.45) is 5.11 Å². The van der Waals surface area contributed by atoms with Crippen molar-refractivity contribution < 1.29 is 34.0 Å². The highest BCUT2D eigenvalue weighted by atomic mass is 16.5. The van der Waals surface area contributed by atoms with Gasteiger partial charge in [-0.25, -0.2) is 19.0 Å². The summed E-state index contributed by atoms with van der Waals surface area (Å²) in [4.78, 5) is 32.8. The minimum absolute atomic E-state index is 0.247. The second-order valence-electron chi connectivity index (χ2n) is 25.8. The van der Waals surface area contributed by atoms with Gasteiger partial charge in [-0.2, -0.15) is 0 Å². The molecule has 19 nitrogen and oxygen atoms in total. The van der Waals surface area contributed by atoms with E-state index in [2.05, 4.69) is 113 Å². The molecular weight excluding hydrogens is 1220 g/mol. The first-order chi connectivity index (χ1) is 46.1. The fraction of sp³-hybridized carbons (Fsp3) is 0.333. The fourth-order valence-corrected chi connectivity index (χ4v) is 11.6. The number of aliphatic hydroxyl groups is 2. The second-order valence-corrected chi connectivity index (χ2v) is 25.8. The van der Waals surface area contributed by atoms with E-state index in [1.54, 1.807) is 40.2 Å². The molecule has 2 amide bonds. The van der Waals surface area contributed by atoms with Crippen molar-refractivity contribution in [3.8, 4) is 23.7 Å². The van der Waals surface area contributed by atoms with Crippen molar-refractivity contribution in [3.05, 3.63) is 282 Å². The predicted molar refractivity (Wildman–Crippen MR) is 383 cm³/mol. The van der Waals surface area contributed by atoms with Gasteiger partial charge in [0.15, 0.2) is 5.88 Å². The largest absolute Gasteiger partial charge is 0.468 e. The number of aromatic nitrogens is 6. The van der Waals surface area contributed by atoms with Crippen LogP contribution >= 0.6 is 0 Å². The summed E-state index contributed by atoms with van der Waals surface area (Å²) < 4.78 is 20.0. The second kappa shape index (κ2) is 34.2. The van der Waals surface area contributed by atoms with Crippen LogP contribution in [-0.2, 0) is 42.1 Å². The van der Waals surface area contributed by atoms with Gasteiger partial charge in [-0.05, 0) is 128 Å². The van der Waals surface area contributed by atoms with Gasteiger partial charge < -0.3 is 29.3 Å². The van der Waals surface area contributed by atoms with Gasteiger partial charge in [0.1, 0.15) is 22.5 Å². The Labute approximate surface area is 572 Å². The summed E-state index contributed by atoms with van der Waals surface area (Å²) in [6.45, 7) is 35.1. The standard InChI is InChI=1S/C26H32N4O3.C26H30N4O.C20H27NO3.C6H5N3/c1-20(2)18-26(32,21-12-8-6-9-13-21)16-17-29(24(31)33-5)25(3,4)23-19-30(28-27-23)22-14-10-7-11-15-22;1-20(2)18-26(22-12-8-6-9-13-22)16-17-29(21(3)31-26)25(4,5)24-19-30(28-27-24)23-14-10-7-11-15-23;1-7-19(4,5)21(18(22)24-6)14-13-20(23,15-16(2)3)17-11-9-8-10-12-17;7-9-8-6-4-2-1-3-5-6/h6-15,19,32H,1,16-18H2,2-5H3;6-15,19H,1,3,16-18H2,2,4-5H3;1,8-12,23H,2,13-15H2,3-6H3;1-5H. The Morgan fingerprint density at radius 1 is 0.639 bits per heavy atom. The number of para-hydroxylation sites is 2. The number of rotatable bonds is 23. The van der Waals surface area contributed by atoms with Gasteiger partial charge in [-0.15, -0.1) is 29.8 Å². The zero-order chi connectivity index (χ0) is 71.0. The average Bonchev–Trinajstić information content (AvgIpc) is 1.71. The van der Waals surface area contributed by atoms with E-state index in [0.29, 0.717) is 42.9 Å². The van der Waals surface area contributed by atoms with Crippen LogP contribution in [0, 0.1) is 12.3 Å². The molecule has 2 N–H and O–H groups in total. The number of terminal acetylenes is 1. The molecule has 9 rings (SSSR count). The van der Waals surface area contributed by atoms with E-state index in [0.717, 1.165) is 69.9 Å². The molecule has 3 unspecified atom stereocenters. The lowest BCUT2D eigenvalue weighted by atomic mass is 9.82. The molecule has 1 aliphatic heterocycles. The third-order valence-electron chi connectivity index (χ3n) is 16.9. The molecule has 1 aliphatic rings. The summed E-state index contributed by atoms with van der Waals surface area (Å²) in [5.41, 5.74) is 12.7. The molecule has 3 atom stereocenters. The molecule has 508 valence electrons. The number of hydrogen-bond acceptors (Lipinski definition) is 13. The Morgan fingerprint density at radius 2 is 1.04 bits per heavy atom. The Hall–Kier alpha value is -10.5. The topological polar surface area (TPSA) is 222 Å². The highest BCUT2D eigenvalue weighted by molar-refractivity contribution is 5.69. The zero-order valence-corrected chi connectivity index (χ0v) is 58.0. The van der Waals surface area contributed by atoms with Gasteiger partial charge in [0, 0.05) is 55.9 Å². The van der Waals surface area contributed by atoms with Gasteiger partial charge >= 0.3 is 12.2 Å². The Bertz CT molecular complexity index is 3960. The number of ether oxygens (including phenoxy) is 3. The lowest BCUT2D eigenvalue weighted by Crippen LogP contribution is -2.50. The highest BCUT2D eigenvalue weighted by Gasteiger charge is 2.45. The van der Waals surface area contributed by atoms with Crippen molar-refractivity contribution in [2.75, 3.05) is 33.9 Å². The third kappa shape index (κ3) is 20.3. The Morgan fingerprint density at radius 3 is 1.45 bits per heavy atom. The first-order valence-corrected chi connectivity index (χ1v) is 32.0. The number of benzene rings is 6. The normalized spacial score (nSPS) is 14.7. The summed E-state index contributed by atoms with van der Waals surface area (Å²) in [5.74, 6) is 3.25. The maximum atomic E-state index is 12.8. The summed E-state index contributed by atoms with van der Waals surface area (Å²) in [7, 11) is 2.67. The molecule has 1 saturated heterocycles. The first kappa shape index (κ1) is 75.5. The first-order valence-electron chi connectivity index (χ1n) is 32.0. The van der Waals surface area contributed by atoms with Crippen LogP contribution in [-0.4, -0.2) is 106 Å². The number of azide groups is 1. The van der Waals surface area contributed by atoms with E-state index in [-0.39, 0.29) is 13.1 Å². The van der Waals surface area contributed by atoms with E-state index < -0.39 is 45.6 Å². The summed E-state index contributed by atoms with van der Waals surface area (Å²) in [6.07, 6.45) is 11.3. The van der Waals surface area contributed by atoms with E-state index in [1.165, 1.54) is 19.1 Å². The molecule has 0 spiro atoms. The SMILES string of the molecule is C#CC(C)(C)N(CCC(O)(CC(=C)C)c1ccccc1)C(=O)OC.C=C(C)CC(O)(CCN(C(=O)OC)C(C)(C)c1cn(-c2ccccc2)nn1)c1ccccc1.C=C(C)CC1(c2ccccc2)CCN(C(C)(C)c2cn(-c3ccccc3)nn2)C(=C)O1.[N-]=[N+]=Nc1ccccc1. The number of carbonyl (C=O) groups excluding carboxylic acids is 2. The minimum atomic E-state index is -1.17. The molecule has 97 heavy (non-hydrogen) atoms. The zero-order valence-electron chi connectivity index (χ0n) is 58.0. The van der Waals surface area contributed by atoms with E-state index in [9.17, 15) is 19.8 Å². The molecule has 8 aromatic rings. The smallest absolute Gasteiger partial charge is 0.410 e. The molecule has 1 fully saturated rings. The van der Waals surface area contributed by atoms with E-state index in [1.807, 2.05) is 186 Å². The lowest BCUT2D eigenvalue weighted by Gasteiger charge is -2.49. The number of hydrogen-bond donors (Lipinski definition) is 2. The maximum absolute atomic E-state index is 12.8. The number of nitrogens with zero attached hydrogens (tertiary/aromatic N) is 12. The molecule has 0 saturated carbocycles. The minimum Gasteiger partial charge on any atom is -0.468 e. The van der Waals surface area contributed by atoms with Gasteiger partial charge in [0.25, 0.3) is 0 Å². The number of methoxy groups -OCH3 is 2.